The highest BCUT2D eigenvalue weighted by atomic mass is 17.3. The normalized spacial score (nSPS) is 11.0. The highest BCUT2D eigenvalue weighted by molar-refractivity contribution is 5.89. The highest BCUT2D eigenvalue weighted by Crippen LogP contribution is 2.17. The molecule has 42 heavy (non-hydrogen) atoms. The molecule has 232 valence electrons. The van der Waals surface area contributed by atoms with Crippen LogP contribution in [0.3, 0.4) is 0 Å². The van der Waals surface area contributed by atoms with Crippen molar-refractivity contribution in [1.29, 1.82) is 0 Å². The van der Waals surface area contributed by atoms with Crippen LogP contribution in [-0.4, -0.2) is 51.6 Å². The molecule has 0 fully saturated rings. The lowest BCUT2D eigenvalue weighted by molar-refractivity contribution is -0.368. The fraction of sp³-hybridized carbons (Fsp3) is 0.500. The monoisotopic (exact) mass is 588 g/mol. The second-order valence-electron chi connectivity index (χ2n) is 9.31. The third-order valence-electron chi connectivity index (χ3n) is 5.87. The van der Waals surface area contributed by atoms with Gasteiger partial charge >= 0.3 is 18.2 Å². The first kappa shape index (κ1) is 35.0. The zero-order valence-corrected chi connectivity index (χ0v) is 24.8. The molecule has 2 aromatic carbocycles. The van der Waals surface area contributed by atoms with Crippen molar-refractivity contribution in [1.82, 2.24) is 0 Å². The van der Waals surface area contributed by atoms with Gasteiger partial charge in [-0.15, -0.1) is 9.78 Å². The Morgan fingerprint density at radius 1 is 0.571 bits per heavy atom. The van der Waals surface area contributed by atoms with Gasteiger partial charge in [0, 0.05) is 6.61 Å². The fourth-order valence-electron chi connectivity index (χ4n) is 3.51. The van der Waals surface area contributed by atoms with E-state index in [0.29, 0.717) is 24.7 Å². The highest BCUT2D eigenvalue weighted by Gasteiger charge is 2.22. The Balaban J connectivity index is 1.83. The quantitative estimate of drug-likeness (QED) is 0.0735. The predicted octanol–water partition coefficient (Wildman–Crippen LogP) is 6.84. The van der Waals surface area contributed by atoms with E-state index < -0.39 is 18.2 Å². The molecule has 2 aromatic rings. The third kappa shape index (κ3) is 15.2. The maximum Gasteiger partial charge on any atom is 0.373 e. The number of hydrogen-bond donors (Lipinski definition) is 0. The van der Waals surface area contributed by atoms with Crippen molar-refractivity contribution in [3.05, 3.63) is 72.9 Å². The van der Waals surface area contributed by atoms with Gasteiger partial charge in [0.05, 0.1) is 37.6 Å². The summed E-state index contributed by atoms with van der Waals surface area (Å²) in [5.41, 5.74) is 0.448. The molecule has 2 rings (SSSR count). The van der Waals surface area contributed by atoms with Crippen LogP contribution >= 0.6 is 0 Å². The Hall–Kier alpha value is -3.18. The van der Waals surface area contributed by atoms with Gasteiger partial charge in [-0.3, -0.25) is 9.78 Å². The van der Waals surface area contributed by atoms with E-state index in [9.17, 15) is 9.59 Å². The Morgan fingerprint density at radius 3 is 1.45 bits per heavy atom. The van der Waals surface area contributed by atoms with E-state index in [-0.39, 0.29) is 37.6 Å². The van der Waals surface area contributed by atoms with Crippen molar-refractivity contribution in [2.45, 2.75) is 65.2 Å². The minimum absolute atomic E-state index is 0.174. The Morgan fingerprint density at radius 2 is 1.02 bits per heavy atom. The minimum Gasteiger partial charge on any atom is -0.494 e. The topological polar surface area (TPSA) is 108 Å². The summed E-state index contributed by atoms with van der Waals surface area (Å²) in [6.45, 7) is 9.54. The molecule has 0 aliphatic carbocycles. The molecule has 0 saturated heterocycles. The van der Waals surface area contributed by atoms with E-state index in [2.05, 4.69) is 20.8 Å². The number of hydrogen-bond acceptors (Lipinski definition) is 10. The van der Waals surface area contributed by atoms with Gasteiger partial charge in [-0.25, -0.2) is 9.59 Å². The second kappa shape index (κ2) is 22.4. The molecule has 0 N–H and O–H groups in total. The largest absolute Gasteiger partial charge is 0.494 e. The molecule has 0 atom stereocenters. The lowest BCUT2D eigenvalue weighted by Gasteiger charge is -2.14. The molecule has 10 heteroatoms. The number of rotatable bonds is 24. The zero-order chi connectivity index (χ0) is 30.3. The molecular formula is C32H44O10. The first-order valence-corrected chi connectivity index (χ1v) is 14.6. The maximum absolute atomic E-state index is 12.5. The van der Waals surface area contributed by atoms with Crippen LogP contribution in [0.15, 0.2) is 48.5 Å². The van der Waals surface area contributed by atoms with E-state index >= 15 is 0 Å². The number of carbonyl (C=O) groups excluding carboxylic acids is 2. The van der Waals surface area contributed by atoms with Gasteiger partial charge in [0.2, 0.25) is 0 Å². The molecule has 10 nitrogen and oxygen atoms in total. The van der Waals surface area contributed by atoms with Crippen LogP contribution in [0.5, 0.6) is 11.5 Å². The van der Waals surface area contributed by atoms with Crippen LogP contribution in [-0.2, 0) is 29.0 Å². The lowest BCUT2D eigenvalue weighted by atomic mass is 10.2. The van der Waals surface area contributed by atoms with Gasteiger partial charge in [-0.1, -0.05) is 52.4 Å². The standard InChI is InChI=1S/C32H44O10/c1-4-7-9-11-21-37-28-17-13-26(14-18-28)31(33)41-39-30(25-36-24-23-35-6-3)40-42-32(34)27-15-19-29(20-16-27)38-22-12-10-8-5-2/h13-20H,3-12,21-25H2,1-2H3. The molecule has 0 aromatic heterocycles. The number of benzene rings is 2. The van der Waals surface area contributed by atoms with Crippen LogP contribution in [0.25, 0.3) is 0 Å². The van der Waals surface area contributed by atoms with Gasteiger partial charge in [0.15, 0.2) is 0 Å². The van der Waals surface area contributed by atoms with Crippen LogP contribution in [0.4, 0.5) is 0 Å². The SMILES string of the molecule is [CH2]COCCOC[C](OOC(=O)c1ccc(OCCCCCC)cc1)OOC(=O)c1ccc(OCCCCCC)cc1. The molecule has 0 unspecified atom stereocenters. The predicted molar refractivity (Wildman–Crippen MR) is 155 cm³/mol. The van der Waals surface area contributed by atoms with Crippen molar-refractivity contribution in [3.63, 3.8) is 0 Å². The Labute approximate surface area is 249 Å². The second-order valence-corrected chi connectivity index (χ2v) is 9.31. The molecule has 0 saturated carbocycles. The van der Waals surface area contributed by atoms with Crippen molar-refractivity contribution >= 4 is 11.9 Å². The summed E-state index contributed by atoms with van der Waals surface area (Å²) < 4.78 is 21.9. The molecule has 0 aliphatic heterocycles. The molecule has 0 heterocycles. The molecule has 0 bridgehead atoms. The summed E-state index contributed by atoms with van der Waals surface area (Å²) >= 11 is 0. The van der Waals surface area contributed by atoms with Crippen LogP contribution in [0, 0.1) is 13.2 Å². The van der Waals surface area contributed by atoms with Gasteiger partial charge in [0.1, 0.15) is 18.1 Å². The summed E-state index contributed by atoms with van der Waals surface area (Å²) in [6.07, 6.45) is 8.43. The average molecular weight is 589 g/mol. The molecular weight excluding hydrogens is 544 g/mol. The third-order valence-corrected chi connectivity index (χ3v) is 5.87. The van der Waals surface area contributed by atoms with Crippen LogP contribution in [0.2, 0.25) is 0 Å². The van der Waals surface area contributed by atoms with Crippen molar-refractivity contribution in [2.24, 2.45) is 0 Å². The van der Waals surface area contributed by atoms with Crippen molar-refractivity contribution in [2.75, 3.05) is 39.6 Å². The summed E-state index contributed by atoms with van der Waals surface area (Å²) in [4.78, 5) is 44.7. The van der Waals surface area contributed by atoms with E-state index in [1.165, 1.54) is 12.8 Å². The summed E-state index contributed by atoms with van der Waals surface area (Å²) in [6, 6.07) is 12.9. The van der Waals surface area contributed by atoms with Gasteiger partial charge < -0.3 is 18.9 Å². The number of ether oxygens (including phenoxy) is 4. The smallest absolute Gasteiger partial charge is 0.373 e. The Bertz CT molecular complexity index is 904. The van der Waals surface area contributed by atoms with Crippen LogP contribution in [0.1, 0.15) is 85.9 Å². The lowest BCUT2D eigenvalue weighted by Crippen LogP contribution is -2.21. The van der Waals surface area contributed by atoms with E-state index in [4.69, 9.17) is 38.5 Å². The first-order valence-electron chi connectivity index (χ1n) is 14.6. The van der Waals surface area contributed by atoms with Gasteiger partial charge in [-0.05, 0) is 68.3 Å². The molecule has 0 aliphatic rings. The molecule has 0 amide bonds. The maximum atomic E-state index is 12.5. The Kier molecular flexibility index (Phi) is 18.7. The summed E-state index contributed by atoms with van der Waals surface area (Å²) in [5, 5.41) is 0. The number of carbonyl (C=O) groups is 2. The summed E-state index contributed by atoms with van der Waals surface area (Å²) in [5.74, 6) is -0.281. The van der Waals surface area contributed by atoms with Crippen molar-refractivity contribution < 1.29 is 48.1 Å². The molecule has 0 spiro atoms. The van der Waals surface area contributed by atoms with Crippen LogP contribution < -0.4 is 9.47 Å². The number of unbranched alkanes of at least 4 members (excludes halogenated alkanes) is 6. The van der Waals surface area contributed by atoms with Gasteiger partial charge in [-0.2, -0.15) is 0 Å². The first-order chi connectivity index (χ1) is 20.6. The van der Waals surface area contributed by atoms with E-state index in [0.717, 1.165) is 38.5 Å². The van der Waals surface area contributed by atoms with Crippen molar-refractivity contribution in [3.8, 4) is 11.5 Å². The molecule has 2 radical (unpaired) electrons. The summed E-state index contributed by atoms with van der Waals surface area (Å²) in [7, 11) is 0. The minimum atomic E-state index is -0.789. The zero-order valence-electron chi connectivity index (χ0n) is 24.8. The average Bonchev–Trinajstić information content (AvgIpc) is 3.02. The van der Waals surface area contributed by atoms with Gasteiger partial charge in [0.25, 0.3) is 0 Å². The van der Waals surface area contributed by atoms with E-state index in [1.54, 1.807) is 48.5 Å². The fourth-order valence-corrected chi connectivity index (χ4v) is 3.51. The van der Waals surface area contributed by atoms with E-state index in [1.807, 2.05) is 0 Å².